The Morgan fingerprint density at radius 2 is 1.74 bits per heavy atom. The Bertz CT molecular complexity index is 1060. The average molecular weight is 419 g/mol. The minimum atomic E-state index is 0.0450. The Hall–Kier alpha value is -2.66. The van der Waals surface area contributed by atoms with Crippen molar-refractivity contribution in [2.45, 2.75) is 71.0 Å². The molecule has 0 amide bonds. The van der Waals surface area contributed by atoms with E-state index in [4.69, 9.17) is 5.73 Å². The van der Waals surface area contributed by atoms with Crippen molar-refractivity contribution in [3.63, 3.8) is 0 Å². The number of fused-ring (bicyclic) bond motifs is 1. The highest BCUT2D eigenvalue weighted by atomic mass is 16.1. The first kappa shape index (κ1) is 21.6. The lowest BCUT2D eigenvalue weighted by Gasteiger charge is -2.39. The van der Waals surface area contributed by atoms with E-state index in [1.54, 1.807) is 12.3 Å². The largest absolute Gasteiger partial charge is 0.384 e. The summed E-state index contributed by atoms with van der Waals surface area (Å²) in [5.41, 5.74) is 8.27. The zero-order valence-corrected chi connectivity index (χ0v) is 18.8. The van der Waals surface area contributed by atoms with E-state index in [-0.39, 0.29) is 5.56 Å². The Morgan fingerprint density at radius 1 is 1.00 bits per heavy atom. The van der Waals surface area contributed by atoms with Crippen LogP contribution in [0.5, 0.6) is 0 Å². The summed E-state index contributed by atoms with van der Waals surface area (Å²) in [7, 11) is 0. The van der Waals surface area contributed by atoms with Crippen LogP contribution in [0.2, 0.25) is 0 Å². The van der Waals surface area contributed by atoms with E-state index in [1.165, 1.54) is 25.7 Å². The quantitative estimate of drug-likeness (QED) is 0.544. The molecule has 31 heavy (non-hydrogen) atoms. The highest BCUT2D eigenvalue weighted by Crippen LogP contribution is 2.24. The van der Waals surface area contributed by atoms with Crippen LogP contribution < -0.4 is 11.3 Å². The van der Waals surface area contributed by atoms with Crippen LogP contribution in [0.15, 0.2) is 53.5 Å². The van der Waals surface area contributed by atoms with Crippen LogP contribution in [0, 0.1) is 0 Å². The van der Waals surface area contributed by atoms with Crippen LogP contribution in [0.3, 0.4) is 0 Å². The Balaban J connectivity index is 1.48. The molecular weight excluding hydrogens is 384 g/mol. The second-order valence-electron chi connectivity index (χ2n) is 8.97. The van der Waals surface area contributed by atoms with Gasteiger partial charge in [-0.25, -0.2) is 4.98 Å². The number of nitrogens with two attached hydrogens (primary N) is 1. The number of nitrogen functional groups attached to an aromatic ring is 1. The first-order chi connectivity index (χ1) is 15.0. The number of aryl methyl sites for hydroxylation is 1. The summed E-state index contributed by atoms with van der Waals surface area (Å²) in [5.74, 6) is 0.460. The van der Waals surface area contributed by atoms with Gasteiger partial charge >= 0.3 is 0 Å². The van der Waals surface area contributed by atoms with Crippen molar-refractivity contribution in [2.24, 2.45) is 0 Å². The van der Waals surface area contributed by atoms with Crippen LogP contribution >= 0.6 is 0 Å². The molecule has 0 bridgehead atoms. The molecule has 0 saturated carbocycles. The number of rotatable bonds is 7. The number of unbranched alkanes of at least 4 members (excludes halogenated alkanes) is 2. The van der Waals surface area contributed by atoms with Crippen LogP contribution in [-0.4, -0.2) is 33.1 Å². The van der Waals surface area contributed by atoms with Gasteiger partial charge in [-0.15, -0.1) is 0 Å². The Morgan fingerprint density at radius 3 is 2.48 bits per heavy atom. The molecule has 0 unspecified atom stereocenters. The molecule has 3 heterocycles. The van der Waals surface area contributed by atoms with E-state index in [0.29, 0.717) is 23.5 Å². The number of anilines is 1. The summed E-state index contributed by atoms with van der Waals surface area (Å²) in [6.45, 7) is 6.62. The summed E-state index contributed by atoms with van der Waals surface area (Å²) in [6, 6.07) is 15.1. The van der Waals surface area contributed by atoms with Crippen molar-refractivity contribution >= 4 is 16.7 Å². The number of benzene rings is 1. The minimum Gasteiger partial charge on any atom is -0.384 e. The molecule has 1 aliphatic rings. The molecule has 2 aromatic heterocycles. The number of hydrogen-bond donors (Lipinski definition) is 1. The number of piperidine rings is 1. The molecule has 2 N–H and O–H groups in total. The predicted octanol–water partition coefficient (Wildman–Crippen LogP) is 5.08. The first-order valence-electron chi connectivity index (χ1n) is 11.6. The van der Waals surface area contributed by atoms with Gasteiger partial charge in [-0.3, -0.25) is 9.69 Å². The molecular formula is C26H34N4O. The molecule has 4 rings (SSSR count). The lowest BCUT2D eigenvalue weighted by atomic mass is 9.97. The van der Waals surface area contributed by atoms with Crippen molar-refractivity contribution in [3.8, 4) is 11.1 Å². The molecule has 1 aromatic carbocycles. The summed E-state index contributed by atoms with van der Waals surface area (Å²) in [6.07, 6.45) is 9.00. The predicted molar refractivity (Wildman–Crippen MR) is 129 cm³/mol. The normalized spacial score (nSPS) is 19.7. The monoisotopic (exact) mass is 418 g/mol. The summed E-state index contributed by atoms with van der Waals surface area (Å²) in [4.78, 5) is 20.2. The molecule has 3 aromatic rings. The van der Waals surface area contributed by atoms with Crippen molar-refractivity contribution in [1.82, 2.24) is 14.5 Å². The number of likely N-dealkylation sites (tertiary alicyclic amines) is 1. The number of aromatic nitrogens is 2. The molecule has 5 heteroatoms. The van der Waals surface area contributed by atoms with E-state index in [9.17, 15) is 4.79 Å². The number of hydrogen-bond acceptors (Lipinski definition) is 4. The first-order valence-corrected chi connectivity index (χ1v) is 11.6. The fourth-order valence-corrected chi connectivity index (χ4v) is 4.98. The molecule has 164 valence electrons. The van der Waals surface area contributed by atoms with Crippen molar-refractivity contribution in [3.05, 3.63) is 59.0 Å². The van der Waals surface area contributed by atoms with Gasteiger partial charge in [0.25, 0.3) is 5.56 Å². The van der Waals surface area contributed by atoms with Gasteiger partial charge in [0.1, 0.15) is 5.82 Å². The van der Waals surface area contributed by atoms with E-state index in [1.807, 2.05) is 34.9 Å². The van der Waals surface area contributed by atoms with Gasteiger partial charge in [-0.1, -0.05) is 31.0 Å². The van der Waals surface area contributed by atoms with Gasteiger partial charge < -0.3 is 10.3 Å². The van der Waals surface area contributed by atoms with Gasteiger partial charge in [-0.05, 0) is 75.7 Å². The highest BCUT2D eigenvalue weighted by Gasteiger charge is 2.23. The third-order valence-corrected chi connectivity index (χ3v) is 6.77. The second-order valence-corrected chi connectivity index (χ2v) is 8.97. The summed E-state index contributed by atoms with van der Waals surface area (Å²) in [5, 5.41) is 1.07. The second kappa shape index (κ2) is 9.65. The highest BCUT2D eigenvalue weighted by molar-refractivity contribution is 5.84. The van der Waals surface area contributed by atoms with Crippen LogP contribution in [0.4, 0.5) is 5.82 Å². The van der Waals surface area contributed by atoms with Gasteiger partial charge in [0.15, 0.2) is 0 Å². The maximum atomic E-state index is 13.4. The molecule has 2 atom stereocenters. The fourth-order valence-electron chi connectivity index (χ4n) is 4.98. The van der Waals surface area contributed by atoms with E-state index in [0.717, 1.165) is 42.4 Å². The van der Waals surface area contributed by atoms with Crippen LogP contribution in [0.1, 0.15) is 52.4 Å². The zero-order chi connectivity index (χ0) is 21.8. The van der Waals surface area contributed by atoms with E-state index >= 15 is 0 Å². The molecule has 1 aliphatic heterocycles. The maximum absolute atomic E-state index is 13.4. The molecule has 5 nitrogen and oxygen atoms in total. The fraction of sp³-hybridized carbons (Fsp3) is 0.462. The molecule has 1 saturated heterocycles. The van der Waals surface area contributed by atoms with Crippen molar-refractivity contribution < 1.29 is 0 Å². The minimum absolute atomic E-state index is 0.0450. The third-order valence-electron chi connectivity index (χ3n) is 6.77. The van der Waals surface area contributed by atoms with Crippen molar-refractivity contribution in [1.29, 1.82) is 0 Å². The van der Waals surface area contributed by atoms with Crippen LogP contribution in [-0.2, 0) is 6.54 Å². The third kappa shape index (κ3) is 4.82. The standard InChI is InChI=1S/C26H34N4O/c1-19-9-8-10-20(2)29(19)15-6-3-7-16-30-24-12-5-4-11-21(24)17-23(26(30)31)22-13-14-25(27)28-18-22/h4-5,11-14,17-20H,3,6-10,15-16H2,1-2H3,(H2,27,28)/t19-,20+. The average Bonchev–Trinajstić information content (AvgIpc) is 2.77. The zero-order valence-electron chi connectivity index (χ0n) is 18.8. The van der Waals surface area contributed by atoms with E-state index in [2.05, 4.69) is 29.8 Å². The number of pyridine rings is 2. The molecule has 0 aliphatic carbocycles. The SMILES string of the molecule is C[C@@H]1CCC[C@H](C)N1CCCCCn1c(=O)c(-c2ccc(N)nc2)cc2ccccc21. The van der Waals surface area contributed by atoms with Gasteiger partial charge in [0, 0.05) is 36.0 Å². The smallest absolute Gasteiger partial charge is 0.258 e. The van der Waals surface area contributed by atoms with Crippen molar-refractivity contribution in [2.75, 3.05) is 12.3 Å². The molecule has 1 fully saturated rings. The summed E-state index contributed by atoms with van der Waals surface area (Å²) < 4.78 is 1.94. The van der Waals surface area contributed by atoms with Gasteiger partial charge in [-0.2, -0.15) is 0 Å². The topological polar surface area (TPSA) is 64.2 Å². The Kier molecular flexibility index (Phi) is 6.71. The lowest BCUT2D eigenvalue weighted by molar-refractivity contribution is 0.101. The Labute approximate surface area is 184 Å². The summed E-state index contributed by atoms with van der Waals surface area (Å²) >= 11 is 0. The molecule has 0 spiro atoms. The maximum Gasteiger partial charge on any atom is 0.258 e. The lowest BCUT2D eigenvalue weighted by Crippen LogP contribution is -2.44. The van der Waals surface area contributed by atoms with Gasteiger partial charge in [0.2, 0.25) is 0 Å². The van der Waals surface area contributed by atoms with E-state index < -0.39 is 0 Å². The van der Waals surface area contributed by atoms with Crippen LogP contribution in [0.25, 0.3) is 22.0 Å². The number of nitrogens with zero attached hydrogens (tertiary/aromatic N) is 3. The number of para-hydroxylation sites is 1. The molecule has 0 radical (unpaired) electrons. The van der Waals surface area contributed by atoms with Gasteiger partial charge in [0.05, 0.1) is 5.52 Å².